The highest BCUT2D eigenvalue weighted by atomic mass is 16.5. The van der Waals surface area contributed by atoms with Crippen molar-refractivity contribution in [1.29, 1.82) is 0 Å². The number of para-hydroxylation sites is 4. The molecule has 0 saturated heterocycles. The average molecular weight is 965 g/mol. The summed E-state index contributed by atoms with van der Waals surface area (Å²) in [5.74, 6) is 3.47. The van der Waals surface area contributed by atoms with Crippen LogP contribution in [0.2, 0.25) is 0 Å². The summed E-state index contributed by atoms with van der Waals surface area (Å²) in [6, 6.07) is 93.4. The summed E-state index contributed by atoms with van der Waals surface area (Å²) < 4.78 is 14.8. The smallest absolute Gasteiger partial charge is 0.256 e. The zero-order chi connectivity index (χ0) is 49.6. The minimum absolute atomic E-state index is 0.128. The standard InChI is InChI=1S/C70H42B2N2O2/c1-3-23-49(24-4-1)73-59-33-17-15-31-55(59)71-58-41-57-60(42-64(58)76-66-40-47(37-61(73)69(66)71)67-51-27-11-7-19-43(51)35-44-20-8-12-28-52(44)67)74(50-25-5-2-6-26-50)62-38-48(39-65-70(62)72(57)56-32-16-18-34-63(56)75-65)68-53-29-13-9-21-45(53)36-46-22-10-14-30-54(46)68/h1-42H. The highest BCUT2D eigenvalue weighted by Crippen LogP contribution is 2.49. The molecule has 0 N–H and O–H groups in total. The van der Waals surface area contributed by atoms with Crippen LogP contribution in [0.25, 0.3) is 65.3 Å². The van der Waals surface area contributed by atoms with E-state index in [1.165, 1.54) is 70.6 Å². The molecule has 4 heterocycles. The van der Waals surface area contributed by atoms with Gasteiger partial charge in [0.1, 0.15) is 23.0 Å². The van der Waals surface area contributed by atoms with Gasteiger partial charge in [0.05, 0.1) is 0 Å². The summed E-state index contributed by atoms with van der Waals surface area (Å²) in [6.07, 6.45) is 0. The number of hydrogen-bond donors (Lipinski definition) is 0. The third-order valence-electron chi connectivity index (χ3n) is 16.6. The zero-order valence-corrected chi connectivity index (χ0v) is 41.1. The van der Waals surface area contributed by atoms with Crippen LogP contribution in [0.4, 0.5) is 34.1 Å². The van der Waals surface area contributed by atoms with E-state index in [-0.39, 0.29) is 13.4 Å². The van der Waals surface area contributed by atoms with Crippen molar-refractivity contribution in [3.05, 3.63) is 255 Å². The Kier molecular flexibility index (Phi) is 8.70. The lowest BCUT2D eigenvalue weighted by atomic mass is 9.31. The number of rotatable bonds is 4. The molecule has 0 amide bonds. The van der Waals surface area contributed by atoms with Gasteiger partial charge in [0.2, 0.25) is 0 Å². The van der Waals surface area contributed by atoms with Crippen LogP contribution >= 0.6 is 0 Å². The van der Waals surface area contributed by atoms with Crippen molar-refractivity contribution in [1.82, 2.24) is 0 Å². The third kappa shape index (κ3) is 5.92. The number of fused-ring (bicyclic) bond motifs is 12. The Labute approximate surface area is 440 Å². The van der Waals surface area contributed by atoms with Gasteiger partial charge in [-0.2, -0.15) is 0 Å². The van der Waals surface area contributed by atoms with Crippen LogP contribution in [0.15, 0.2) is 255 Å². The van der Waals surface area contributed by atoms with Crippen molar-refractivity contribution in [2.75, 3.05) is 9.80 Å². The van der Waals surface area contributed by atoms with E-state index in [1.54, 1.807) is 0 Å². The van der Waals surface area contributed by atoms with Crippen LogP contribution in [0.1, 0.15) is 0 Å². The van der Waals surface area contributed by atoms with Gasteiger partial charge in [0, 0.05) is 40.2 Å². The van der Waals surface area contributed by atoms with Crippen molar-refractivity contribution in [3.63, 3.8) is 0 Å². The lowest BCUT2D eigenvalue weighted by Gasteiger charge is -2.43. The van der Waals surface area contributed by atoms with Gasteiger partial charge < -0.3 is 19.3 Å². The van der Waals surface area contributed by atoms with E-state index in [2.05, 4.69) is 265 Å². The zero-order valence-electron chi connectivity index (χ0n) is 41.1. The van der Waals surface area contributed by atoms with Crippen molar-refractivity contribution in [2.45, 2.75) is 0 Å². The van der Waals surface area contributed by atoms with Crippen molar-refractivity contribution >= 4 is 123 Å². The molecule has 0 unspecified atom stereocenters. The van der Waals surface area contributed by atoms with Gasteiger partial charge in [-0.3, -0.25) is 0 Å². The van der Waals surface area contributed by atoms with Crippen LogP contribution in [0.3, 0.4) is 0 Å². The van der Waals surface area contributed by atoms with E-state index in [4.69, 9.17) is 9.47 Å². The molecule has 0 bridgehead atoms. The first kappa shape index (κ1) is 41.7. The second-order valence-electron chi connectivity index (χ2n) is 20.7. The van der Waals surface area contributed by atoms with Crippen LogP contribution in [0.5, 0.6) is 23.0 Å². The Balaban J connectivity index is 0.953. The first-order valence-electron chi connectivity index (χ1n) is 26.3. The molecule has 4 aliphatic rings. The fourth-order valence-corrected chi connectivity index (χ4v) is 13.5. The molecule has 0 aromatic heterocycles. The maximum atomic E-state index is 7.64. The minimum Gasteiger partial charge on any atom is -0.458 e. The fraction of sp³-hybridized carbons (Fsp3) is 0. The van der Waals surface area contributed by atoms with E-state index < -0.39 is 0 Å². The Bertz CT molecular complexity index is 4530. The van der Waals surface area contributed by atoms with Crippen LogP contribution in [-0.4, -0.2) is 13.4 Å². The second-order valence-corrected chi connectivity index (χ2v) is 20.7. The summed E-state index contributed by atoms with van der Waals surface area (Å²) >= 11 is 0. The van der Waals surface area contributed by atoms with Gasteiger partial charge in [-0.25, -0.2) is 0 Å². The summed E-state index contributed by atoms with van der Waals surface area (Å²) in [6.45, 7) is -0.257. The van der Waals surface area contributed by atoms with Gasteiger partial charge >= 0.3 is 0 Å². The molecule has 76 heavy (non-hydrogen) atoms. The number of benzene rings is 13. The first-order valence-corrected chi connectivity index (χ1v) is 26.3. The Morgan fingerprint density at radius 1 is 0.263 bits per heavy atom. The summed E-state index contributed by atoms with van der Waals surface area (Å²) in [5.41, 5.74) is 18.3. The molecule has 0 saturated carbocycles. The number of nitrogens with zero attached hydrogens (tertiary/aromatic N) is 2. The highest BCUT2D eigenvalue weighted by molar-refractivity contribution is 7.02. The Morgan fingerprint density at radius 3 is 1.22 bits per heavy atom. The highest BCUT2D eigenvalue weighted by Gasteiger charge is 2.47. The molecule has 6 heteroatoms. The molecule has 0 aliphatic carbocycles. The predicted octanol–water partition coefficient (Wildman–Crippen LogP) is 14.4. The predicted molar refractivity (Wildman–Crippen MR) is 319 cm³/mol. The van der Waals surface area contributed by atoms with Gasteiger partial charge in [0.15, 0.2) is 0 Å². The SMILES string of the molecule is c1ccc(N2c3ccccc3B3c4cc5c(cc4Oc4cc(-c6c7ccccc7cc7ccccc67)cc2c43)N(c2ccccc2)c2cc(-c3c4ccccc4cc4ccccc34)cc3c2B5c2ccccc2O3)cc1. The summed E-state index contributed by atoms with van der Waals surface area (Å²) in [4.78, 5) is 4.92. The van der Waals surface area contributed by atoms with Gasteiger partial charge in [-0.05, 0) is 171 Å². The molecule has 13 aromatic carbocycles. The molecular formula is C70H42B2N2O2. The first-order chi connectivity index (χ1) is 37.7. The van der Waals surface area contributed by atoms with Gasteiger partial charge in [-0.15, -0.1) is 0 Å². The largest absolute Gasteiger partial charge is 0.458 e. The van der Waals surface area contributed by atoms with Crippen molar-refractivity contribution < 1.29 is 9.47 Å². The molecule has 0 spiro atoms. The van der Waals surface area contributed by atoms with E-state index in [1.807, 2.05) is 0 Å². The normalized spacial score (nSPS) is 13.4. The van der Waals surface area contributed by atoms with Crippen molar-refractivity contribution in [2.24, 2.45) is 0 Å². The summed E-state index contributed by atoms with van der Waals surface area (Å²) in [7, 11) is 0. The van der Waals surface area contributed by atoms with E-state index in [0.717, 1.165) is 84.6 Å². The third-order valence-corrected chi connectivity index (χ3v) is 16.6. The van der Waals surface area contributed by atoms with Crippen LogP contribution < -0.4 is 52.1 Å². The van der Waals surface area contributed by atoms with Gasteiger partial charge in [-0.1, -0.05) is 176 Å². The lowest BCUT2D eigenvalue weighted by Crippen LogP contribution is -2.63. The molecule has 350 valence electrons. The fourth-order valence-electron chi connectivity index (χ4n) is 13.5. The van der Waals surface area contributed by atoms with Crippen LogP contribution in [0, 0.1) is 0 Å². The topological polar surface area (TPSA) is 24.9 Å². The molecule has 4 nitrogen and oxygen atoms in total. The van der Waals surface area contributed by atoms with Crippen LogP contribution in [-0.2, 0) is 0 Å². The number of hydrogen-bond acceptors (Lipinski definition) is 4. The molecule has 13 aromatic rings. The molecule has 0 fully saturated rings. The quantitative estimate of drug-likeness (QED) is 0.130. The lowest BCUT2D eigenvalue weighted by molar-refractivity contribution is 0.487. The number of anilines is 6. The Hall–Kier alpha value is -9.77. The van der Waals surface area contributed by atoms with Gasteiger partial charge in [0.25, 0.3) is 13.4 Å². The van der Waals surface area contributed by atoms with E-state index >= 15 is 0 Å². The second kappa shape index (κ2) is 15.9. The monoisotopic (exact) mass is 964 g/mol. The maximum absolute atomic E-state index is 7.64. The molecule has 4 aliphatic heterocycles. The Morgan fingerprint density at radius 2 is 0.684 bits per heavy atom. The average Bonchev–Trinajstić information content (AvgIpc) is 3.50. The minimum atomic E-state index is -0.129. The number of ether oxygens (including phenoxy) is 2. The molecule has 0 radical (unpaired) electrons. The van der Waals surface area contributed by atoms with E-state index in [9.17, 15) is 0 Å². The van der Waals surface area contributed by atoms with E-state index in [0.29, 0.717) is 0 Å². The molecule has 0 atom stereocenters. The maximum Gasteiger partial charge on any atom is 0.256 e. The van der Waals surface area contributed by atoms with Crippen molar-refractivity contribution in [3.8, 4) is 45.3 Å². The molecule has 17 rings (SSSR count). The molecular weight excluding hydrogens is 922 g/mol. The summed E-state index contributed by atoms with van der Waals surface area (Å²) in [5, 5.41) is 9.66.